The zero-order chi connectivity index (χ0) is 18.8. The topological polar surface area (TPSA) is 90.5 Å². The molecule has 1 atom stereocenters. The lowest BCUT2D eigenvalue weighted by molar-refractivity contribution is -0.141. The predicted octanol–water partition coefficient (Wildman–Crippen LogP) is 2.96. The number of carbonyl (C=O) groups excluding carboxylic acids is 2. The number of carboxylic acids is 1. The van der Waals surface area contributed by atoms with Crippen molar-refractivity contribution in [3.05, 3.63) is 58.4 Å². The molecule has 26 heavy (non-hydrogen) atoms. The Labute approximate surface area is 151 Å². The minimum absolute atomic E-state index is 0.0416. The molecule has 0 saturated carbocycles. The van der Waals surface area contributed by atoms with Gasteiger partial charge in [0.05, 0.1) is 0 Å². The second kappa shape index (κ2) is 7.15. The van der Waals surface area contributed by atoms with E-state index in [0.29, 0.717) is 23.2 Å². The lowest BCUT2D eigenvalue weighted by Gasteiger charge is -2.26. The van der Waals surface area contributed by atoms with Crippen molar-refractivity contribution in [3.63, 3.8) is 0 Å². The molecule has 0 radical (unpaired) electrons. The van der Waals surface area contributed by atoms with E-state index in [1.807, 2.05) is 30.3 Å². The standard InChI is InChI=1S/C20H22N2O4/c1-12-17-15(9-6-10-16(17)23)21-18(12)19(24)22(13(2)20(25)26)11-14-7-4-3-5-8-14/h3-5,7-8,13,21H,6,9-11H2,1-2H3,(H,25,26). The molecule has 2 N–H and O–H groups in total. The predicted molar refractivity (Wildman–Crippen MR) is 96.2 cm³/mol. The van der Waals surface area contributed by atoms with Gasteiger partial charge in [-0.1, -0.05) is 30.3 Å². The fourth-order valence-corrected chi connectivity index (χ4v) is 3.43. The molecule has 3 rings (SSSR count). The molecule has 1 aliphatic carbocycles. The van der Waals surface area contributed by atoms with Crippen molar-refractivity contribution in [1.29, 1.82) is 0 Å². The number of aromatic nitrogens is 1. The molecule has 0 aliphatic heterocycles. The Balaban J connectivity index is 1.98. The van der Waals surface area contributed by atoms with Crippen LogP contribution in [-0.2, 0) is 17.8 Å². The zero-order valence-electron chi connectivity index (χ0n) is 14.9. The summed E-state index contributed by atoms with van der Waals surface area (Å²) < 4.78 is 0. The average Bonchev–Trinajstić information content (AvgIpc) is 2.97. The Morgan fingerprint density at radius 1 is 1.23 bits per heavy atom. The van der Waals surface area contributed by atoms with Gasteiger partial charge >= 0.3 is 5.97 Å². The highest BCUT2D eigenvalue weighted by Gasteiger charge is 2.32. The van der Waals surface area contributed by atoms with Gasteiger partial charge in [-0.05, 0) is 37.8 Å². The smallest absolute Gasteiger partial charge is 0.326 e. The molecule has 136 valence electrons. The van der Waals surface area contributed by atoms with E-state index in [9.17, 15) is 19.5 Å². The Kier molecular flexibility index (Phi) is 4.93. The van der Waals surface area contributed by atoms with Crippen molar-refractivity contribution >= 4 is 17.7 Å². The first-order valence-electron chi connectivity index (χ1n) is 8.72. The van der Waals surface area contributed by atoms with Gasteiger partial charge in [0, 0.05) is 24.2 Å². The highest BCUT2D eigenvalue weighted by Crippen LogP contribution is 2.28. The summed E-state index contributed by atoms with van der Waals surface area (Å²) in [5.74, 6) is -1.43. The van der Waals surface area contributed by atoms with Crippen LogP contribution in [0.2, 0.25) is 0 Å². The van der Waals surface area contributed by atoms with E-state index in [4.69, 9.17) is 0 Å². The van der Waals surface area contributed by atoms with E-state index in [0.717, 1.165) is 24.1 Å². The van der Waals surface area contributed by atoms with Crippen molar-refractivity contribution in [2.45, 2.75) is 45.7 Å². The molecule has 6 nitrogen and oxygen atoms in total. The summed E-state index contributed by atoms with van der Waals surface area (Å²) in [7, 11) is 0. The normalized spacial score (nSPS) is 14.6. The van der Waals surface area contributed by atoms with E-state index in [-0.39, 0.29) is 12.3 Å². The third-order valence-electron chi connectivity index (χ3n) is 4.93. The SMILES string of the molecule is Cc1c(C(=O)N(Cc2ccccc2)C(C)C(=O)O)[nH]c2c1C(=O)CCC2. The van der Waals surface area contributed by atoms with Crippen LogP contribution in [0, 0.1) is 6.92 Å². The maximum Gasteiger partial charge on any atom is 0.326 e. The summed E-state index contributed by atoms with van der Waals surface area (Å²) in [4.78, 5) is 41.3. The van der Waals surface area contributed by atoms with Crippen LogP contribution in [0.4, 0.5) is 0 Å². The molecule has 1 amide bonds. The summed E-state index contributed by atoms with van der Waals surface area (Å²) in [6.07, 6.45) is 1.97. The minimum atomic E-state index is -1.07. The third-order valence-corrected chi connectivity index (χ3v) is 4.93. The number of ketones is 1. The van der Waals surface area contributed by atoms with Crippen LogP contribution in [-0.4, -0.2) is 38.7 Å². The third kappa shape index (κ3) is 3.27. The molecular formula is C20H22N2O4. The average molecular weight is 354 g/mol. The van der Waals surface area contributed by atoms with Gasteiger partial charge in [0.25, 0.3) is 5.91 Å². The quantitative estimate of drug-likeness (QED) is 0.864. The molecule has 0 saturated heterocycles. The first-order valence-corrected chi connectivity index (χ1v) is 8.72. The maximum atomic E-state index is 13.2. The van der Waals surface area contributed by atoms with Gasteiger partial charge in [0.15, 0.2) is 5.78 Å². The van der Waals surface area contributed by atoms with Crippen LogP contribution in [0.25, 0.3) is 0 Å². The van der Waals surface area contributed by atoms with Gasteiger partial charge in [-0.2, -0.15) is 0 Å². The van der Waals surface area contributed by atoms with E-state index in [2.05, 4.69) is 4.98 Å². The molecular weight excluding hydrogens is 332 g/mol. The Morgan fingerprint density at radius 2 is 1.92 bits per heavy atom. The summed E-state index contributed by atoms with van der Waals surface area (Å²) >= 11 is 0. The van der Waals surface area contributed by atoms with Crippen LogP contribution in [0.5, 0.6) is 0 Å². The summed E-state index contributed by atoms with van der Waals surface area (Å²) in [6.45, 7) is 3.43. The molecule has 1 unspecified atom stereocenters. The number of amides is 1. The second-order valence-corrected chi connectivity index (χ2v) is 6.69. The summed E-state index contributed by atoms with van der Waals surface area (Å²) in [5, 5.41) is 9.44. The minimum Gasteiger partial charge on any atom is -0.480 e. The number of hydrogen-bond acceptors (Lipinski definition) is 3. The number of aliphatic carboxylic acids is 1. The van der Waals surface area contributed by atoms with Crippen LogP contribution < -0.4 is 0 Å². The molecule has 0 fully saturated rings. The fourth-order valence-electron chi connectivity index (χ4n) is 3.43. The zero-order valence-corrected chi connectivity index (χ0v) is 14.9. The summed E-state index contributed by atoms with van der Waals surface area (Å²) in [6, 6.07) is 8.28. The molecule has 0 spiro atoms. The molecule has 0 bridgehead atoms. The molecule has 1 heterocycles. The first kappa shape index (κ1) is 17.9. The molecule has 1 aromatic heterocycles. The lowest BCUT2D eigenvalue weighted by Crippen LogP contribution is -2.43. The highest BCUT2D eigenvalue weighted by atomic mass is 16.4. The second-order valence-electron chi connectivity index (χ2n) is 6.69. The fraction of sp³-hybridized carbons (Fsp3) is 0.350. The maximum absolute atomic E-state index is 13.2. The van der Waals surface area contributed by atoms with Gasteiger partial charge in [0.1, 0.15) is 11.7 Å². The number of nitrogens with one attached hydrogen (secondary N) is 1. The Morgan fingerprint density at radius 3 is 2.54 bits per heavy atom. The number of aromatic amines is 1. The molecule has 6 heteroatoms. The van der Waals surface area contributed by atoms with E-state index in [1.165, 1.54) is 11.8 Å². The van der Waals surface area contributed by atoms with Crippen LogP contribution in [0.15, 0.2) is 30.3 Å². The van der Waals surface area contributed by atoms with E-state index >= 15 is 0 Å². The van der Waals surface area contributed by atoms with Crippen molar-refractivity contribution < 1.29 is 19.5 Å². The number of carboxylic acid groups (broad SMARTS) is 1. The number of benzene rings is 1. The first-order chi connectivity index (χ1) is 12.4. The number of nitrogens with zero attached hydrogens (tertiary/aromatic N) is 1. The van der Waals surface area contributed by atoms with Crippen molar-refractivity contribution in [2.24, 2.45) is 0 Å². The number of hydrogen-bond donors (Lipinski definition) is 2. The largest absolute Gasteiger partial charge is 0.480 e. The van der Waals surface area contributed by atoms with Gasteiger partial charge < -0.3 is 15.0 Å². The van der Waals surface area contributed by atoms with Gasteiger partial charge in [-0.3, -0.25) is 9.59 Å². The number of carbonyl (C=O) groups is 3. The number of H-pyrrole nitrogens is 1. The molecule has 1 aliphatic rings. The van der Waals surface area contributed by atoms with Crippen molar-refractivity contribution in [1.82, 2.24) is 9.88 Å². The van der Waals surface area contributed by atoms with Crippen LogP contribution in [0.1, 0.15) is 57.4 Å². The monoisotopic (exact) mass is 354 g/mol. The van der Waals surface area contributed by atoms with E-state index in [1.54, 1.807) is 6.92 Å². The van der Waals surface area contributed by atoms with Gasteiger partial charge in [0.2, 0.25) is 0 Å². The van der Waals surface area contributed by atoms with Gasteiger partial charge in [-0.15, -0.1) is 0 Å². The van der Waals surface area contributed by atoms with Crippen LogP contribution >= 0.6 is 0 Å². The van der Waals surface area contributed by atoms with Gasteiger partial charge in [-0.25, -0.2) is 4.79 Å². The number of rotatable bonds is 5. The summed E-state index contributed by atoms with van der Waals surface area (Å²) in [5.41, 5.74) is 3.16. The molecule has 1 aromatic carbocycles. The number of Topliss-reactive ketones (excluding diaryl/α,β-unsaturated/α-hetero) is 1. The van der Waals surface area contributed by atoms with Crippen molar-refractivity contribution in [2.75, 3.05) is 0 Å². The Bertz CT molecular complexity index is 854. The molecule has 2 aromatic rings. The number of aryl methyl sites for hydroxylation is 1. The highest BCUT2D eigenvalue weighted by molar-refractivity contribution is 6.04. The van der Waals surface area contributed by atoms with Crippen molar-refractivity contribution in [3.8, 4) is 0 Å². The lowest BCUT2D eigenvalue weighted by atomic mass is 9.93. The number of fused-ring (bicyclic) bond motifs is 1. The Hall–Kier alpha value is -2.89. The van der Waals surface area contributed by atoms with E-state index < -0.39 is 17.9 Å². The van der Waals surface area contributed by atoms with Crippen LogP contribution in [0.3, 0.4) is 0 Å².